The molecular formula is C11H10BrClF2INO. The second kappa shape index (κ2) is 7.59. The molecule has 0 aliphatic heterocycles. The van der Waals surface area contributed by atoms with Crippen molar-refractivity contribution in [3.63, 3.8) is 0 Å². The molecule has 0 saturated heterocycles. The summed E-state index contributed by atoms with van der Waals surface area (Å²) in [5.41, 5.74) is 0.399. The van der Waals surface area contributed by atoms with E-state index in [0.717, 1.165) is 12.9 Å². The fourth-order valence-corrected chi connectivity index (χ4v) is 2.51. The highest BCUT2D eigenvalue weighted by atomic mass is 127. The number of carbonyl (C=O) groups is 1. The molecule has 1 aromatic rings. The third-order valence-electron chi connectivity index (χ3n) is 2.16. The lowest BCUT2D eigenvalue weighted by molar-refractivity contribution is 0.0570. The highest BCUT2D eigenvalue weighted by Crippen LogP contribution is 2.20. The number of alkyl halides is 3. The van der Waals surface area contributed by atoms with Crippen LogP contribution in [0.1, 0.15) is 10.4 Å². The minimum absolute atomic E-state index is 0.104. The molecule has 0 aliphatic carbocycles. The molecule has 0 aliphatic rings. The zero-order valence-corrected chi connectivity index (χ0v) is 13.7. The second-order valence-corrected chi connectivity index (χ2v) is 5.91. The number of halogens is 5. The third-order valence-corrected chi connectivity index (χ3v) is 3.76. The predicted molar refractivity (Wildman–Crippen MR) is 79.5 cm³/mol. The summed E-state index contributed by atoms with van der Waals surface area (Å²) in [6.07, 6.45) is -2.57. The van der Waals surface area contributed by atoms with Crippen molar-refractivity contribution < 1.29 is 13.6 Å². The van der Waals surface area contributed by atoms with Crippen molar-refractivity contribution in [2.75, 3.05) is 19.0 Å². The van der Waals surface area contributed by atoms with E-state index in [0.29, 0.717) is 5.56 Å². The molecule has 0 bridgehead atoms. The van der Waals surface area contributed by atoms with Crippen LogP contribution in [0.4, 0.5) is 8.78 Å². The first kappa shape index (κ1) is 16.1. The maximum atomic E-state index is 12.4. The van der Waals surface area contributed by atoms with Crippen molar-refractivity contribution >= 4 is 56.0 Å². The molecule has 2 nitrogen and oxygen atoms in total. The molecule has 0 fully saturated rings. The van der Waals surface area contributed by atoms with Crippen molar-refractivity contribution in [3.05, 3.63) is 31.8 Å². The lowest BCUT2D eigenvalue weighted by atomic mass is 10.2. The van der Waals surface area contributed by atoms with Crippen LogP contribution in [0.25, 0.3) is 0 Å². The van der Waals surface area contributed by atoms with Gasteiger partial charge in [0.25, 0.3) is 12.3 Å². The standard InChI is InChI=1S/C11H10BrClF2INO/c12-7-1-2-9(16)8(5-7)11(18)17(4-3-13)6-10(14)15/h1-2,5,10H,3-4,6H2. The zero-order valence-electron chi connectivity index (χ0n) is 9.18. The van der Waals surface area contributed by atoms with Crippen molar-refractivity contribution in [2.24, 2.45) is 0 Å². The van der Waals surface area contributed by atoms with Gasteiger partial charge in [-0.15, -0.1) is 11.6 Å². The summed E-state index contributed by atoms with van der Waals surface area (Å²) in [7, 11) is 0. The highest BCUT2D eigenvalue weighted by Gasteiger charge is 2.21. The number of hydrogen-bond donors (Lipinski definition) is 0. The molecule has 1 amide bonds. The normalized spacial score (nSPS) is 10.8. The molecule has 100 valence electrons. The van der Waals surface area contributed by atoms with Crippen LogP contribution in [0.3, 0.4) is 0 Å². The van der Waals surface area contributed by atoms with Gasteiger partial charge in [-0.05, 0) is 40.8 Å². The van der Waals surface area contributed by atoms with Gasteiger partial charge < -0.3 is 4.90 Å². The highest BCUT2D eigenvalue weighted by molar-refractivity contribution is 14.1. The maximum absolute atomic E-state index is 12.4. The van der Waals surface area contributed by atoms with Crippen molar-refractivity contribution in [2.45, 2.75) is 6.43 Å². The summed E-state index contributed by atoms with van der Waals surface area (Å²) in [4.78, 5) is 13.2. The summed E-state index contributed by atoms with van der Waals surface area (Å²) >= 11 is 10.8. The van der Waals surface area contributed by atoms with Gasteiger partial charge in [-0.25, -0.2) is 8.78 Å². The van der Waals surface area contributed by atoms with Crippen molar-refractivity contribution in [1.29, 1.82) is 0 Å². The van der Waals surface area contributed by atoms with E-state index in [2.05, 4.69) is 15.9 Å². The minimum atomic E-state index is -2.57. The van der Waals surface area contributed by atoms with Crippen LogP contribution in [0.2, 0.25) is 0 Å². The Morgan fingerprint density at radius 1 is 1.50 bits per heavy atom. The van der Waals surface area contributed by atoms with E-state index in [4.69, 9.17) is 11.6 Å². The number of carbonyl (C=O) groups excluding carboxylic acids is 1. The van der Waals surface area contributed by atoms with Crippen LogP contribution in [0, 0.1) is 3.57 Å². The fourth-order valence-electron chi connectivity index (χ4n) is 1.38. The first-order chi connectivity index (χ1) is 8.45. The van der Waals surface area contributed by atoms with E-state index in [-0.39, 0.29) is 12.4 Å². The summed E-state index contributed by atoms with van der Waals surface area (Å²) in [6, 6.07) is 5.16. The average Bonchev–Trinajstić information content (AvgIpc) is 2.30. The van der Waals surface area contributed by atoms with E-state index in [1.165, 1.54) is 0 Å². The fraction of sp³-hybridized carbons (Fsp3) is 0.364. The third kappa shape index (κ3) is 4.62. The molecule has 0 spiro atoms. The molecule has 0 atom stereocenters. The number of amides is 1. The van der Waals surface area contributed by atoms with Gasteiger partial charge in [-0.2, -0.15) is 0 Å². The number of nitrogens with zero attached hydrogens (tertiary/aromatic N) is 1. The Morgan fingerprint density at radius 2 is 2.17 bits per heavy atom. The first-order valence-corrected chi connectivity index (χ1v) is 7.44. The molecule has 7 heteroatoms. The van der Waals surface area contributed by atoms with E-state index in [9.17, 15) is 13.6 Å². The topological polar surface area (TPSA) is 20.3 Å². The van der Waals surface area contributed by atoms with Crippen LogP contribution < -0.4 is 0 Å². The van der Waals surface area contributed by atoms with Gasteiger partial charge >= 0.3 is 0 Å². The van der Waals surface area contributed by atoms with Gasteiger partial charge in [0.05, 0.1) is 12.1 Å². The Labute approximate surface area is 131 Å². The molecule has 0 heterocycles. The quantitative estimate of drug-likeness (QED) is 0.489. The van der Waals surface area contributed by atoms with E-state index in [1.807, 2.05) is 22.6 Å². The Kier molecular flexibility index (Phi) is 6.79. The monoisotopic (exact) mass is 451 g/mol. The van der Waals surface area contributed by atoms with Crippen LogP contribution in [-0.2, 0) is 0 Å². The second-order valence-electron chi connectivity index (χ2n) is 3.46. The predicted octanol–water partition coefficient (Wildman–Crippen LogP) is 4.00. The molecule has 0 aromatic heterocycles. The summed E-state index contributed by atoms with van der Waals surface area (Å²) < 4.78 is 26.3. The van der Waals surface area contributed by atoms with E-state index < -0.39 is 18.9 Å². The van der Waals surface area contributed by atoms with Gasteiger partial charge in [-0.1, -0.05) is 15.9 Å². The van der Waals surface area contributed by atoms with Gasteiger partial charge in [0.2, 0.25) is 0 Å². The van der Waals surface area contributed by atoms with Gasteiger partial charge in [-0.3, -0.25) is 4.79 Å². The van der Waals surface area contributed by atoms with Crippen molar-refractivity contribution in [3.8, 4) is 0 Å². The molecule has 1 aromatic carbocycles. The average molecular weight is 452 g/mol. The Morgan fingerprint density at radius 3 is 2.72 bits per heavy atom. The molecule has 18 heavy (non-hydrogen) atoms. The van der Waals surface area contributed by atoms with Crippen LogP contribution in [0.5, 0.6) is 0 Å². The molecule has 0 saturated carbocycles. The zero-order chi connectivity index (χ0) is 13.7. The molecule has 1 rings (SSSR count). The molecule has 0 radical (unpaired) electrons. The summed E-state index contributed by atoms with van der Waals surface area (Å²) in [5.74, 6) is -0.301. The van der Waals surface area contributed by atoms with Gasteiger partial charge in [0.1, 0.15) is 0 Å². The lowest BCUT2D eigenvalue weighted by Crippen LogP contribution is -2.37. The van der Waals surface area contributed by atoms with E-state index >= 15 is 0 Å². The summed E-state index contributed by atoms with van der Waals surface area (Å²) in [5, 5.41) is 0. The smallest absolute Gasteiger partial charge is 0.255 e. The lowest BCUT2D eigenvalue weighted by Gasteiger charge is -2.22. The number of rotatable bonds is 5. The van der Waals surface area contributed by atoms with Crippen molar-refractivity contribution in [1.82, 2.24) is 4.90 Å². The Bertz CT molecular complexity index is 434. The van der Waals surface area contributed by atoms with Crippen LogP contribution in [0.15, 0.2) is 22.7 Å². The Balaban J connectivity index is 2.97. The minimum Gasteiger partial charge on any atom is -0.332 e. The van der Waals surface area contributed by atoms with Crippen LogP contribution in [-0.4, -0.2) is 36.2 Å². The van der Waals surface area contributed by atoms with Gasteiger partial charge in [0.15, 0.2) is 0 Å². The maximum Gasteiger partial charge on any atom is 0.255 e. The number of hydrogen-bond acceptors (Lipinski definition) is 1. The number of benzene rings is 1. The Hall–Kier alpha value is 0.0500. The van der Waals surface area contributed by atoms with E-state index in [1.54, 1.807) is 18.2 Å². The molecular weight excluding hydrogens is 442 g/mol. The molecule has 0 unspecified atom stereocenters. The summed E-state index contributed by atoms with van der Waals surface area (Å²) in [6.45, 7) is -0.499. The largest absolute Gasteiger partial charge is 0.332 e. The van der Waals surface area contributed by atoms with Gasteiger partial charge in [0, 0.05) is 20.5 Å². The first-order valence-electron chi connectivity index (χ1n) is 5.04. The van der Waals surface area contributed by atoms with Crippen LogP contribution >= 0.6 is 50.1 Å². The molecule has 0 N–H and O–H groups in total. The SMILES string of the molecule is O=C(c1cc(Br)ccc1I)N(CCCl)CC(F)F.